The fraction of sp³-hybridized carbons (Fsp3) is 0.463. The third kappa shape index (κ3) is 13.7. The fourth-order valence-corrected chi connectivity index (χ4v) is 5.91. The molecule has 0 aromatic heterocycles. The molecule has 0 saturated carbocycles. The van der Waals surface area contributed by atoms with Crippen LogP contribution in [0.25, 0.3) is 0 Å². The van der Waals surface area contributed by atoms with Gasteiger partial charge in [-0.15, -0.1) is 0 Å². The highest BCUT2D eigenvalue weighted by atomic mass is 16.6. The summed E-state index contributed by atoms with van der Waals surface area (Å²) in [5.41, 5.74) is 1.93. The Hall–Kier alpha value is -4.62. The molecule has 0 spiro atoms. The summed E-state index contributed by atoms with van der Waals surface area (Å²) in [7, 11) is 0. The second kappa shape index (κ2) is 20.6. The molecular formula is C41H52N2O10. The van der Waals surface area contributed by atoms with Crippen molar-refractivity contribution < 1.29 is 47.6 Å². The summed E-state index contributed by atoms with van der Waals surface area (Å²) < 4.78 is 36.4. The van der Waals surface area contributed by atoms with Crippen LogP contribution in [-0.4, -0.2) is 79.1 Å². The lowest BCUT2D eigenvalue weighted by Gasteiger charge is -2.46. The van der Waals surface area contributed by atoms with Crippen LogP contribution in [0.4, 0.5) is 4.79 Å². The van der Waals surface area contributed by atoms with Gasteiger partial charge < -0.3 is 39.1 Å². The number of carbonyl (C=O) groups is 4. The van der Waals surface area contributed by atoms with Crippen LogP contribution >= 0.6 is 0 Å². The monoisotopic (exact) mass is 732 g/mol. The Bertz CT molecular complexity index is 1580. The van der Waals surface area contributed by atoms with E-state index in [9.17, 15) is 19.2 Å². The molecule has 2 N–H and O–H groups in total. The number of rotatable bonds is 18. The Balaban J connectivity index is 1.64. The number of nitrogens with one attached hydrogen (secondary N) is 2. The van der Waals surface area contributed by atoms with Crippen molar-refractivity contribution in [1.82, 2.24) is 10.6 Å². The summed E-state index contributed by atoms with van der Waals surface area (Å²) in [5, 5.41) is 5.44. The topological polar surface area (TPSA) is 148 Å². The molecule has 1 aliphatic heterocycles. The van der Waals surface area contributed by atoms with E-state index in [1.165, 1.54) is 6.92 Å². The number of hydrogen-bond acceptors (Lipinski definition) is 10. The molecular weight excluding hydrogens is 680 g/mol. The van der Waals surface area contributed by atoms with Crippen LogP contribution in [0.15, 0.2) is 91.0 Å². The Morgan fingerprint density at radius 2 is 1.30 bits per heavy atom. The molecule has 12 heteroatoms. The first-order valence-corrected chi connectivity index (χ1v) is 18.0. The summed E-state index contributed by atoms with van der Waals surface area (Å²) >= 11 is 0. The second-order valence-electron chi connectivity index (χ2n) is 13.8. The average Bonchev–Trinajstić information content (AvgIpc) is 3.12. The first-order valence-electron chi connectivity index (χ1n) is 18.0. The van der Waals surface area contributed by atoms with Crippen LogP contribution in [0.5, 0.6) is 0 Å². The van der Waals surface area contributed by atoms with Crippen molar-refractivity contribution in [2.75, 3.05) is 13.2 Å². The number of amides is 2. The molecule has 4 rings (SSSR count). The van der Waals surface area contributed by atoms with Crippen molar-refractivity contribution in [3.63, 3.8) is 0 Å². The summed E-state index contributed by atoms with van der Waals surface area (Å²) in [6, 6.07) is 26.7. The lowest BCUT2D eigenvalue weighted by Crippen LogP contribution is -2.67. The van der Waals surface area contributed by atoms with E-state index < -0.39 is 65.9 Å². The maximum atomic E-state index is 14.2. The quantitative estimate of drug-likeness (QED) is 0.162. The van der Waals surface area contributed by atoms with E-state index in [-0.39, 0.29) is 45.9 Å². The normalized spacial score (nSPS) is 20.5. The molecule has 0 bridgehead atoms. The van der Waals surface area contributed by atoms with Gasteiger partial charge in [0.25, 0.3) is 0 Å². The van der Waals surface area contributed by atoms with Crippen LogP contribution in [0.1, 0.15) is 64.2 Å². The Kier molecular flexibility index (Phi) is 16.0. The van der Waals surface area contributed by atoms with Crippen molar-refractivity contribution >= 4 is 23.8 Å². The maximum absolute atomic E-state index is 14.2. The van der Waals surface area contributed by atoms with E-state index in [1.807, 2.05) is 91.0 Å². The number of benzene rings is 3. The molecule has 3 aromatic carbocycles. The van der Waals surface area contributed by atoms with Gasteiger partial charge >= 0.3 is 12.1 Å². The molecule has 6 atom stereocenters. The van der Waals surface area contributed by atoms with Crippen LogP contribution in [0.2, 0.25) is 0 Å². The summed E-state index contributed by atoms with van der Waals surface area (Å²) in [5.74, 6) is -1.53. The summed E-state index contributed by atoms with van der Waals surface area (Å²) in [6.07, 6.45) is -4.81. The van der Waals surface area contributed by atoms with E-state index in [1.54, 1.807) is 27.7 Å². The van der Waals surface area contributed by atoms with Gasteiger partial charge in [-0.25, -0.2) is 9.59 Å². The molecule has 0 unspecified atom stereocenters. The fourth-order valence-electron chi connectivity index (χ4n) is 5.91. The van der Waals surface area contributed by atoms with Crippen LogP contribution in [0, 0.1) is 0 Å². The van der Waals surface area contributed by atoms with Gasteiger partial charge in [-0.2, -0.15) is 0 Å². The van der Waals surface area contributed by atoms with Gasteiger partial charge in [0.2, 0.25) is 5.91 Å². The first-order chi connectivity index (χ1) is 25.4. The highest BCUT2D eigenvalue weighted by molar-refractivity contribution is 5.87. The minimum atomic E-state index is -1.22. The lowest BCUT2D eigenvalue weighted by molar-refractivity contribution is -0.230. The minimum Gasteiger partial charge on any atom is -0.464 e. The number of ether oxygens (including phenoxy) is 6. The molecule has 1 aliphatic rings. The van der Waals surface area contributed by atoms with Crippen molar-refractivity contribution in [3.8, 4) is 0 Å². The average molecular weight is 733 g/mol. The minimum absolute atomic E-state index is 0.0434. The molecule has 286 valence electrons. The van der Waals surface area contributed by atoms with Crippen molar-refractivity contribution in [1.29, 1.82) is 0 Å². The maximum Gasteiger partial charge on any atom is 0.408 e. The zero-order valence-corrected chi connectivity index (χ0v) is 31.2. The molecule has 2 amide bonds. The Morgan fingerprint density at radius 1 is 0.774 bits per heavy atom. The second-order valence-corrected chi connectivity index (χ2v) is 13.8. The molecule has 0 radical (unpaired) electrons. The number of alkyl carbamates (subject to hydrolysis) is 1. The molecule has 1 heterocycles. The van der Waals surface area contributed by atoms with Gasteiger partial charge in [0.15, 0.2) is 5.78 Å². The molecule has 12 nitrogen and oxygen atoms in total. The molecule has 0 aliphatic carbocycles. The van der Waals surface area contributed by atoms with Crippen LogP contribution in [0.3, 0.4) is 0 Å². The Labute approximate surface area is 311 Å². The zero-order chi connectivity index (χ0) is 38.2. The van der Waals surface area contributed by atoms with E-state index in [0.29, 0.717) is 0 Å². The molecule has 3 aromatic rings. The van der Waals surface area contributed by atoms with Gasteiger partial charge in [-0.1, -0.05) is 91.0 Å². The van der Waals surface area contributed by atoms with Crippen LogP contribution in [-0.2, 0) is 62.6 Å². The lowest BCUT2D eigenvalue weighted by atomic mass is 9.88. The van der Waals surface area contributed by atoms with Crippen molar-refractivity contribution in [2.24, 2.45) is 0 Å². The number of esters is 1. The third-order valence-electron chi connectivity index (χ3n) is 8.28. The van der Waals surface area contributed by atoms with Gasteiger partial charge in [0.05, 0.1) is 39.1 Å². The number of Topliss-reactive ketones (excluding diaryl/α,β-unsaturated/α-hetero) is 1. The highest BCUT2D eigenvalue weighted by Gasteiger charge is 2.50. The van der Waals surface area contributed by atoms with Gasteiger partial charge in [0.1, 0.15) is 36.1 Å². The van der Waals surface area contributed by atoms with E-state index in [4.69, 9.17) is 28.4 Å². The van der Waals surface area contributed by atoms with Gasteiger partial charge in [-0.3, -0.25) is 9.59 Å². The number of carbonyl (C=O) groups excluding carboxylic acids is 4. The van der Waals surface area contributed by atoms with Crippen molar-refractivity contribution in [3.05, 3.63) is 108 Å². The number of hydrogen-bond donors (Lipinski definition) is 2. The first kappa shape index (κ1) is 41.1. The Morgan fingerprint density at radius 3 is 1.81 bits per heavy atom. The van der Waals surface area contributed by atoms with E-state index >= 15 is 0 Å². The summed E-state index contributed by atoms with van der Waals surface area (Å²) in [6.45, 7) is 8.87. The predicted octanol–water partition coefficient (Wildman–Crippen LogP) is 5.45. The van der Waals surface area contributed by atoms with Crippen molar-refractivity contribution in [2.45, 2.75) is 109 Å². The van der Waals surface area contributed by atoms with Crippen LogP contribution < -0.4 is 10.6 Å². The third-order valence-corrected chi connectivity index (χ3v) is 8.28. The molecule has 53 heavy (non-hydrogen) atoms. The van der Waals surface area contributed by atoms with E-state index in [0.717, 1.165) is 16.7 Å². The van der Waals surface area contributed by atoms with Gasteiger partial charge in [-0.05, 0) is 50.8 Å². The predicted molar refractivity (Wildman–Crippen MR) is 196 cm³/mol. The number of ketones is 1. The molecule has 1 fully saturated rings. The SMILES string of the molecule is CCOC(=O)[C@@H](CCC(=O)[C@@H]1O[C@H](COCc2ccccc2)[C@@H](OCc2ccccc2)[C@H](OCc2ccccc2)[C@H]1NC(C)=O)NC(=O)OC(C)(C)C. The largest absolute Gasteiger partial charge is 0.464 e. The van der Waals surface area contributed by atoms with Gasteiger partial charge in [0, 0.05) is 13.3 Å². The standard InChI is InChI=1S/C41H52N2O10/c1-6-49-39(46)32(43-40(47)53-41(3,4)5)22-23-33(45)36-35(42-28(2)44)38(51-26-31-20-14-9-15-21-31)37(50-25-30-18-12-8-13-19-30)34(52-36)27-48-24-29-16-10-7-11-17-29/h7-21,32,34-38H,6,22-27H2,1-5H3,(H,42,44)(H,43,47)/t32-,34-,35+,36+,37-,38-/m1/s1. The highest BCUT2D eigenvalue weighted by Crippen LogP contribution is 2.30. The zero-order valence-electron chi connectivity index (χ0n) is 31.2. The molecule has 1 saturated heterocycles. The summed E-state index contributed by atoms with van der Waals surface area (Å²) in [4.78, 5) is 52.5. The smallest absolute Gasteiger partial charge is 0.408 e. The van der Waals surface area contributed by atoms with E-state index in [2.05, 4.69) is 10.6 Å².